The van der Waals surface area contributed by atoms with Gasteiger partial charge < -0.3 is 5.11 Å². The lowest BCUT2D eigenvalue weighted by molar-refractivity contribution is 0.0582. The molecule has 1 aliphatic carbocycles. The first-order valence-electron chi connectivity index (χ1n) is 10.5. The molecule has 7 nitrogen and oxygen atoms in total. The molecule has 0 spiro atoms. The van der Waals surface area contributed by atoms with Crippen LogP contribution < -0.4 is 5.56 Å². The summed E-state index contributed by atoms with van der Waals surface area (Å²) in [7, 11) is 0. The van der Waals surface area contributed by atoms with Gasteiger partial charge in [-0.1, -0.05) is 17.7 Å². The van der Waals surface area contributed by atoms with Gasteiger partial charge in [0.15, 0.2) is 0 Å². The van der Waals surface area contributed by atoms with Crippen molar-refractivity contribution in [1.29, 1.82) is 5.26 Å². The lowest BCUT2D eigenvalue weighted by Gasteiger charge is -2.40. The maximum atomic E-state index is 14.1. The van der Waals surface area contributed by atoms with Crippen LogP contribution in [0.4, 0.5) is 9.18 Å². The second-order valence-corrected chi connectivity index (χ2v) is 9.57. The molecule has 1 atom stereocenters. The van der Waals surface area contributed by atoms with Crippen LogP contribution in [-0.4, -0.2) is 31.2 Å². The van der Waals surface area contributed by atoms with E-state index in [-0.39, 0.29) is 27.7 Å². The number of aromatic nitrogens is 2. The van der Waals surface area contributed by atoms with Gasteiger partial charge in [-0.2, -0.15) is 5.26 Å². The number of rotatable bonds is 4. The van der Waals surface area contributed by atoms with Gasteiger partial charge >= 0.3 is 6.09 Å². The average molecular weight is 469 g/mol. The van der Waals surface area contributed by atoms with Gasteiger partial charge in [-0.05, 0) is 69.9 Å². The molecular weight excluding hydrogens is 447 g/mol. The van der Waals surface area contributed by atoms with Gasteiger partial charge in [-0.15, -0.1) is 0 Å². The van der Waals surface area contributed by atoms with E-state index < -0.39 is 29.1 Å². The van der Waals surface area contributed by atoms with Crippen molar-refractivity contribution in [1.82, 2.24) is 14.5 Å². The van der Waals surface area contributed by atoms with Crippen LogP contribution >= 0.6 is 11.6 Å². The molecule has 0 saturated heterocycles. The highest BCUT2D eigenvalue weighted by Crippen LogP contribution is 2.47. The molecule has 0 bridgehead atoms. The van der Waals surface area contributed by atoms with Crippen LogP contribution in [0.1, 0.15) is 51.0 Å². The summed E-state index contributed by atoms with van der Waals surface area (Å²) in [5.74, 6) is -0.540. The summed E-state index contributed by atoms with van der Waals surface area (Å²) in [6.07, 6.45) is 0.401. The molecule has 3 aromatic rings. The van der Waals surface area contributed by atoms with Crippen molar-refractivity contribution in [2.45, 2.75) is 45.2 Å². The zero-order valence-electron chi connectivity index (χ0n) is 18.3. The molecule has 0 radical (unpaired) electrons. The fourth-order valence-electron chi connectivity index (χ4n) is 4.17. The van der Waals surface area contributed by atoms with Gasteiger partial charge in [0.25, 0.3) is 5.56 Å². The van der Waals surface area contributed by atoms with Crippen molar-refractivity contribution in [3.8, 4) is 11.8 Å². The first kappa shape index (κ1) is 22.7. The highest BCUT2D eigenvalue weighted by molar-refractivity contribution is 6.35. The Bertz CT molecular complexity index is 1370. The minimum absolute atomic E-state index is 0.0294. The number of fused-ring (bicyclic) bond motifs is 1. The third-order valence-corrected chi connectivity index (χ3v) is 5.98. The summed E-state index contributed by atoms with van der Waals surface area (Å²) < 4.78 is 15.4. The fraction of sp³-hybridized carbons (Fsp3) is 0.333. The first-order chi connectivity index (χ1) is 15.5. The minimum atomic E-state index is -1.14. The Hall–Kier alpha value is -3.44. The van der Waals surface area contributed by atoms with Gasteiger partial charge in [0, 0.05) is 5.54 Å². The number of amides is 1. The maximum absolute atomic E-state index is 14.1. The Labute approximate surface area is 194 Å². The summed E-state index contributed by atoms with van der Waals surface area (Å²) in [6, 6.07) is 9.80. The Kier molecular flexibility index (Phi) is 5.62. The van der Waals surface area contributed by atoms with E-state index in [1.165, 1.54) is 15.5 Å². The predicted octanol–water partition coefficient (Wildman–Crippen LogP) is 5.28. The second-order valence-electron chi connectivity index (χ2n) is 9.16. The predicted molar refractivity (Wildman–Crippen MR) is 122 cm³/mol. The molecule has 1 aromatic heterocycles. The van der Waals surface area contributed by atoms with E-state index in [9.17, 15) is 24.3 Å². The number of hydrogen-bond acceptors (Lipinski definition) is 4. The van der Waals surface area contributed by atoms with Gasteiger partial charge in [0.1, 0.15) is 11.6 Å². The van der Waals surface area contributed by atoms with Crippen LogP contribution in [0.25, 0.3) is 16.6 Å². The Balaban J connectivity index is 2.13. The molecule has 1 heterocycles. The Morgan fingerprint density at radius 2 is 2.03 bits per heavy atom. The highest BCUT2D eigenvalue weighted by atomic mass is 35.5. The smallest absolute Gasteiger partial charge is 0.408 e. The van der Waals surface area contributed by atoms with E-state index in [2.05, 4.69) is 4.98 Å². The number of nitriles is 1. The zero-order valence-corrected chi connectivity index (χ0v) is 19.1. The quantitative estimate of drug-likeness (QED) is 0.561. The van der Waals surface area contributed by atoms with E-state index in [0.29, 0.717) is 11.3 Å². The summed E-state index contributed by atoms with van der Waals surface area (Å²) in [6.45, 7) is 5.33. The molecule has 2 aromatic carbocycles. The number of nitrogens with zero attached hydrogens (tertiary/aromatic N) is 4. The zero-order chi connectivity index (χ0) is 24.1. The number of hydrogen-bond donors (Lipinski definition) is 1. The molecular formula is C24H22ClFN4O3. The minimum Gasteiger partial charge on any atom is -0.465 e. The summed E-state index contributed by atoms with van der Waals surface area (Å²) in [5, 5.41) is 19.4. The van der Waals surface area contributed by atoms with Gasteiger partial charge in [0.05, 0.1) is 39.3 Å². The van der Waals surface area contributed by atoms with Crippen LogP contribution in [0.15, 0.2) is 41.2 Å². The van der Waals surface area contributed by atoms with Crippen LogP contribution in [0.2, 0.25) is 5.02 Å². The Morgan fingerprint density at radius 1 is 1.33 bits per heavy atom. The maximum Gasteiger partial charge on any atom is 0.408 e. The largest absolute Gasteiger partial charge is 0.465 e. The molecule has 4 rings (SSSR count). The van der Waals surface area contributed by atoms with Crippen molar-refractivity contribution >= 4 is 28.6 Å². The van der Waals surface area contributed by atoms with E-state index in [1.807, 2.05) is 6.07 Å². The second kappa shape index (κ2) is 8.16. The van der Waals surface area contributed by atoms with E-state index in [0.717, 1.165) is 25.0 Å². The third-order valence-electron chi connectivity index (χ3n) is 5.69. The molecule has 1 saturated carbocycles. The standard InChI is InChI=1S/C24H22ClFN4O3/c1-24(2,3)30(23(32)33)20(14-7-8-14)21-28-19-17(10-15(26)11-18(19)25)22(31)29(21)16-6-4-5-13(9-16)12-27/h4-6,9-11,14,20H,7-8H2,1-3H3,(H,32,33). The molecule has 1 amide bonds. The highest BCUT2D eigenvalue weighted by Gasteiger charge is 2.45. The lowest BCUT2D eigenvalue weighted by Crippen LogP contribution is -2.49. The van der Waals surface area contributed by atoms with Crippen molar-refractivity contribution in [2.75, 3.05) is 0 Å². The van der Waals surface area contributed by atoms with Crippen molar-refractivity contribution in [3.05, 3.63) is 69.0 Å². The lowest BCUT2D eigenvalue weighted by atomic mass is 9.99. The van der Waals surface area contributed by atoms with Gasteiger partial charge in [-0.25, -0.2) is 14.2 Å². The topological polar surface area (TPSA) is 99.2 Å². The summed E-state index contributed by atoms with van der Waals surface area (Å²) in [4.78, 5) is 32.1. The summed E-state index contributed by atoms with van der Waals surface area (Å²) >= 11 is 6.26. The Morgan fingerprint density at radius 3 is 2.61 bits per heavy atom. The van der Waals surface area contributed by atoms with E-state index in [1.54, 1.807) is 39.0 Å². The van der Waals surface area contributed by atoms with Gasteiger partial charge in [0.2, 0.25) is 0 Å². The van der Waals surface area contributed by atoms with Gasteiger partial charge in [-0.3, -0.25) is 14.3 Å². The van der Waals surface area contributed by atoms with Crippen LogP contribution in [-0.2, 0) is 0 Å². The average Bonchev–Trinajstić information content (AvgIpc) is 3.56. The van der Waals surface area contributed by atoms with Crippen molar-refractivity contribution in [3.63, 3.8) is 0 Å². The number of carbonyl (C=O) groups is 1. The van der Waals surface area contributed by atoms with E-state index >= 15 is 0 Å². The monoisotopic (exact) mass is 468 g/mol. The molecule has 0 aliphatic heterocycles. The van der Waals surface area contributed by atoms with Crippen molar-refractivity contribution < 1.29 is 14.3 Å². The molecule has 1 N–H and O–H groups in total. The molecule has 33 heavy (non-hydrogen) atoms. The van der Waals surface area contributed by atoms with Crippen LogP contribution in [0, 0.1) is 23.1 Å². The van der Waals surface area contributed by atoms with Crippen molar-refractivity contribution in [2.24, 2.45) is 5.92 Å². The molecule has 9 heteroatoms. The molecule has 1 fully saturated rings. The number of halogens is 2. The van der Waals surface area contributed by atoms with Crippen LogP contribution in [0.5, 0.6) is 0 Å². The summed E-state index contributed by atoms with van der Waals surface area (Å²) in [5.41, 5.74) is -0.616. The SMILES string of the molecule is CC(C)(C)N(C(=O)O)C(c1nc2c(Cl)cc(F)cc2c(=O)n1-c1cccc(C#N)c1)C1CC1. The number of benzene rings is 2. The van der Waals surface area contributed by atoms with E-state index in [4.69, 9.17) is 11.6 Å². The molecule has 170 valence electrons. The third kappa shape index (κ3) is 4.16. The fourth-order valence-corrected chi connectivity index (χ4v) is 4.41. The first-order valence-corrected chi connectivity index (χ1v) is 10.8. The molecule has 1 aliphatic rings. The van der Waals surface area contributed by atoms with Crippen LogP contribution in [0.3, 0.4) is 0 Å². The normalized spacial score (nSPS) is 14.7. The number of carboxylic acid groups (broad SMARTS) is 1. The molecule has 1 unspecified atom stereocenters.